The molecular formula is C55H87NO14. The number of allylic oxidation sites excluding steroid dienone is 6. The Morgan fingerprint density at radius 2 is 1.59 bits per heavy atom. The molecule has 1 unspecified atom stereocenters. The number of nitrogens with zero attached hydrogens (tertiary/aromatic N) is 1. The number of ketones is 3. The number of aliphatic hydroxyl groups excluding tert-OH is 1. The van der Waals surface area contributed by atoms with Gasteiger partial charge in [-0.1, -0.05) is 71.1 Å². The second-order valence-electron chi connectivity index (χ2n) is 20.6. The van der Waals surface area contributed by atoms with Crippen LogP contribution in [0.5, 0.6) is 0 Å². The number of Topliss-reactive ketones (excluding diaryl/α,β-unsaturated/α-hetero) is 3. The van der Waals surface area contributed by atoms with E-state index < -0.39 is 77.8 Å². The number of aliphatic hydroxyl groups is 2. The van der Waals surface area contributed by atoms with E-state index in [0.717, 1.165) is 18.4 Å². The molecule has 2 N–H and O–H groups in total. The predicted octanol–water partition coefficient (Wildman–Crippen LogP) is 7.24. The largest absolute Gasteiger partial charge is 0.460 e. The van der Waals surface area contributed by atoms with Crippen molar-refractivity contribution in [2.45, 2.75) is 187 Å². The molecule has 15 heteroatoms. The first-order chi connectivity index (χ1) is 33.3. The number of fused-ring (bicyclic) bond motifs is 3. The van der Waals surface area contributed by atoms with Gasteiger partial charge in [-0.15, -0.1) is 0 Å². The van der Waals surface area contributed by atoms with Crippen LogP contribution >= 0.6 is 0 Å². The molecule has 396 valence electrons. The van der Waals surface area contributed by atoms with Crippen molar-refractivity contribution in [3.8, 4) is 0 Å². The molecule has 0 radical (unpaired) electrons. The molecule has 2 bridgehead atoms. The maximum atomic E-state index is 14.5. The number of esters is 1. The smallest absolute Gasteiger partial charge is 0.329 e. The van der Waals surface area contributed by atoms with Crippen molar-refractivity contribution < 1.29 is 67.3 Å². The molecule has 2 saturated heterocycles. The molecule has 0 aromatic carbocycles. The van der Waals surface area contributed by atoms with Crippen molar-refractivity contribution in [2.24, 2.45) is 35.5 Å². The van der Waals surface area contributed by atoms with Crippen LogP contribution in [0.4, 0.5) is 0 Å². The van der Waals surface area contributed by atoms with Gasteiger partial charge in [-0.2, -0.15) is 0 Å². The lowest BCUT2D eigenvalue weighted by Gasteiger charge is -2.42. The van der Waals surface area contributed by atoms with Gasteiger partial charge in [0.15, 0.2) is 5.78 Å². The monoisotopic (exact) mass is 986 g/mol. The van der Waals surface area contributed by atoms with E-state index in [1.54, 1.807) is 41.1 Å². The summed E-state index contributed by atoms with van der Waals surface area (Å²) in [5.41, 5.74) is 1.28. The molecule has 0 aromatic heterocycles. The number of hydrogen-bond donors (Lipinski definition) is 2. The Bertz CT molecular complexity index is 1840. The molecule has 15 atom stereocenters. The highest BCUT2D eigenvalue weighted by Gasteiger charge is 2.53. The summed E-state index contributed by atoms with van der Waals surface area (Å²) in [5.74, 6) is -7.83. The second kappa shape index (κ2) is 28.7. The number of piperidine rings is 1. The van der Waals surface area contributed by atoms with Crippen LogP contribution in [0.2, 0.25) is 0 Å². The van der Waals surface area contributed by atoms with Crippen LogP contribution in [-0.2, 0) is 57.1 Å². The second-order valence-corrected chi connectivity index (χ2v) is 20.6. The number of carbonyl (C=O) groups is 5. The zero-order valence-electron chi connectivity index (χ0n) is 44.1. The average Bonchev–Trinajstić information content (AvgIpc) is 3.34. The van der Waals surface area contributed by atoms with Crippen LogP contribution in [0.3, 0.4) is 0 Å². The zero-order chi connectivity index (χ0) is 51.7. The molecule has 4 rings (SSSR count). The normalized spacial score (nSPS) is 38.4. The van der Waals surface area contributed by atoms with Gasteiger partial charge in [0.2, 0.25) is 5.79 Å². The number of amides is 1. The minimum absolute atomic E-state index is 0.0195. The van der Waals surface area contributed by atoms with Crippen molar-refractivity contribution >= 4 is 29.2 Å². The van der Waals surface area contributed by atoms with Crippen molar-refractivity contribution in [3.05, 3.63) is 47.6 Å². The standard InChI is InChI=1S/C55H87NO14/c1-12-67-26-27-68-45-24-22-41(31-48(45)65-10)30-37(5)47-33-44(57)36(4)29-39(7)50(59)51(66-11)49(58)38(6)28-34(2)18-14-13-15-19-35(3)46(64-9)32-42-23-21-40(8)55(63,70-42)52(60)53(61)56-25-17-16-20-43(56)54(62)69-47/h13-15,18-19,29,34,36-38,40-43,45-48,50-51,59,63H,12,16-17,20-28,30-33H2,1-11H3/b15-13+,18-14-,35-19+,39-29+/t34-,36-,37-,38-,40-,41+,42?,43+,45-,46+,47+,48-,50-,51+,55-/m1/s1. The van der Waals surface area contributed by atoms with E-state index in [0.29, 0.717) is 76.8 Å². The summed E-state index contributed by atoms with van der Waals surface area (Å²) in [6.45, 7) is 16.4. The van der Waals surface area contributed by atoms with Gasteiger partial charge < -0.3 is 48.3 Å². The third-order valence-electron chi connectivity index (χ3n) is 15.2. The topological polar surface area (TPSA) is 194 Å². The van der Waals surface area contributed by atoms with Crippen LogP contribution in [0.1, 0.15) is 132 Å². The van der Waals surface area contributed by atoms with Gasteiger partial charge in [0, 0.05) is 65.1 Å². The first kappa shape index (κ1) is 59.2. The summed E-state index contributed by atoms with van der Waals surface area (Å²) in [4.78, 5) is 72.4. The van der Waals surface area contributed by atoms with E-state index in [4.69, 9.17) is 33.2 Å². The fourth-order valence-electron chi connectivity index (χ4n) is 10.7. The van der Waals surface area contributed by atoms with Gasteiger partial charge in [0.05, 0.1) is 37.6 Å². The van der Waals surface area contributed by atoms with Crippen molar-refractivity contribution in [3.63, 3.8) is 0 Å². The lowest BCUT2D eigenvalue weighted by molar-refractivity contribution is -0.265. The first-order valence-electron chi connectivity index (χ1n) is 26.0. The SMILES string of the molecule is CCOCCO[C@@H]1CC[C@@H](C[C@@H](C)[C@@H]2CC(=O)[C@H](C)/C=C(\C)[C@@H](O)[C@@H](OC)C(=O)[C@H](C)C[C@H](C)\C=C/C=C/C=C(\C)[C@@H](OC)CC3CC[C@@H](C)[C@@](O)(O3)C(=O)C(=O)N3CCCC[C@H]3C(=O)O2)C[C@H]1OC. The highest BCUT2D eigenvalue weighted by Crippen LogP contribution is 2.38. The van der Waals surface area contributed by atoms with Crippen LogP contribution in [-0.4, -0.2) is 147 Å². The highest BCUT2D eigenvalue weighted by atomic mass is 16.6. The third kappa shape index (κ3) is 16.3. The molecule has 3 heterocycles. The Morgan fingerprint density at radius 3 is 2.27 bits per heavy atom. The molecule has 1 amide bonds. The molecule has 15 nitrogen and oxygen atoms in total. The molecule has 1 saturated carbocycles. The maximum absolute atomic E-state index is 14.5. The highest BCUT2D eigenvalue weighted by molar-refractivity contribution is 6.39. The molecule has 3 aliphatic heterocycles. The summed E-state index contributed by atoms with van der Waals surface area (Å²) >= 11 is 0. The van der Waals surface area contributed by atoms with Gasteiger partial charge >= 0.3 is 5.97 Å². The number of rotatable bonds is 11. The van der Waals surface area contributed by atoms with Crippen LogP contribution in [0.15, 0.2) is 47.6 Å². The maximum Gasteiger partial charge on any atom is 0.329 e. The van der Waals surface area contributed by atoms with Gasteiger partial charge in [-0.3, -0.25) is 19.2 Å². The molecule has 3 fully saturated rings. The summed E-state index contributed by atoms with van der Waals surface area (Å²) in [6.07, 6.45) is 12.4. The van der Waals surface area contributed by atoms with Gasteiger partial charge in [0.1, 0.15) is 30.1 Å². The third-order valence-corrected chi connectivity index (χ3v) is 15.2. The molecule has 0 aromatic rings. The number of ether oxygens (including phenoxy) is 7. The number of hydrogen-bond acceptors (Lipinski definition) is 14. The minimum atomic E-state index is -2.43. The van der Waals surface area contributed by atoms with Crippen LogP contribution in [0, 0.1) is 35.5 Å². The molecule has 4 aliphatic rings. The lowest BCUT2D eigenvalue weighted by Crippen LogP contribution is -2.61. The van der Waals surface area contributed by atoms with E-state index in [1.165, 1.54) is 12.0 Å². The predicted molar refractivity (Wildman–Crippen MR) is 265 cm³/mol. The molecule has 0 spiro atoms. The number of methoxy groups -OCH3 is 3. The Hall–Kier alpha value is -3.41. The van der Waals surface area contributed by atoms with Gasteiger partial charge in [-0.25, -0.2) is 4.79 Å². The quantitative estimate of drug-likeness (QED) is 0.0911. The molecule has 70 heavy (non-hydrogen) atoms. The van der Waals surface area contributed by atoms with Crippen molar-refractivity contribution in [1.29, 1.82) is 0 Å². The van der Waals surface area contributed by atoms with Gasteiger partial charge in [-0.05, 0) is 114 Å². The average molecular weight is 986 g/mol. The Labute approximate surface area is 418 Å². The van der Waals surface area contributed by atoms with Crippen molar-refractivity contribution in [2.75, 3.05) is 47.7 Å². The lowest BCUT2D eigenvalue weighted by atomic mass is 9.78. The van der Waals surface area contributed by atoms with E-state index in [1.807, 2.05) is 65.0 Å². The minimum Gasteiger partial charge on any atom is -0.460 e. The number of carbonyl (C=O) groups excluding carboxylic acids is 5. The zero-order valence-corrected chi connectivity index (χ0v) is 44.1. The molecular weight excluding hydrogens is 899 g/mol. The Balaban J connectivity index is 1.68. The van der Waals surface area contributed by atoms with E-state index in [9.17, 15) is 34.2 Å². The Kier molecular flexibility index (Phi) is 24.3. The summed E-state index contributed by atoms with van der Waals surface area (Å²) in [7, 11) is 4.64. The summed E-state index contributed by atoms with van der Waals surface area (Å²) in [6, 6.07) is -1.14. The van der Waals surface area contributed by atoms with Crippen LogP contribution in [0.25, 0.3) is 0 Å². The first-order valence-corrected chi connectivity index (χ1v) is 26.0. The van der Waals surface area contributed by atoms with Crippen molar-refractivity contribution in [1.82, 2.24) is 4.90 Å². The fraction of sp³-hybridized carbons (Fsp3) is 0.764. The van der Waals surface area contributed by atoms with Gasteiger partial charge in [0.25, 0.3) is 11.7 Å². The molecule has 1 aliphatic carbocycles. The van der Waals surface area contributed by atoms with Crippen LogP contribution < -0.4 is 0 Å². The summed E-state index contributed by atoms with van der Waals surface area (Å²) < 4.78 is 41.5. The number of cyclic esters (lactones) is 1. The van der Waals surface area contributed by atoms with E-state index >= 15 is 0 Å². The van der Waals surface area contributed by atoms with E-state index in [-0.39, 0.29) is 60.9 Å². The summed E-state index contributed by atoms with van der Waals surface area (Å²) in [5, 5.41) is 23.5. The Morgan fingerprint density at radius 1 is 0.843 bits per heavy atom. The van der Waals surface area contributed by atoms with E-state index in [2.05, 4.69) is 0 Å². The fourth-order valence-corrected chi connectivity index (χ4v) is 10.7.